The van der Waals surface area contributed by atoms with Crippen LogP contribution in [0.5, 0.6) is 0 Å². The molecular formula is C28H16F6. The maximum absolute atomic E-state index is 14.9. The number of hydrogen-bond acceptors (Lipinski definition) is 0. The van der Waals surface area contributed by atoms with Crippen LogP contribution in [0, 0.1) is 60.6 Å². The molecule has 0 N–H and O–H groups in total. The summed E-state index contributed by atoms with van der Waals surface area (Å²) in [6, 6.07) is 12.8. The van der Waals surface area contributed by atoms with E-state index in [1.54, 1.807) is 32.0 Å². The molecule has 0 saturated carbocycles. The molecule has 34 heavy (non-hydrogen) atoms. The summed E-state index contributed by atoms with van der Waals surface area (Å²) >= 11 is 0. The normalized spacial score (nSPS) is 10.7. The zero-order chi connectivity index (χ0) is 24.6. The molecule has 0 fully saturated rings. The van der Waals surface area contributed by atoms with Crippen molar-refractivity contribution in [1.82, 2.24) is 0 Å². The van der Waals surface area contributed by atoms with Crippen molar-refractivity contribution >= 4 is 0 Å². The fourth-order valence-corrected chi connectivity index (χ4v) is 3.59. The summed E-state index contributed by atoms with van der Waals surface area (Å²) in [7, 11) is 0. The molecule has 4 aromatic rings. The Balaban J connectivity index is 1.69. The largest absolute Gasteiger partial charge is 0.206 e. The van der Waals surface area contributed by atoms with Gasteiger partial charge in [-0.25, -0.2) is 26.3 Å². The second-order valence-corrected chi connectivity index (χ2v) is 7.83. The zero-order valence-electron chi connectivity index (χ0n) is 18.0. The number of halogens is 6. The molecular weight excluding hydrogens is 450 g/mol. The maximum atomic E-state index is 14.9. The Morgan fingerprint density at radius 2 is 1.12 bits per heavy atom. The van der Waals surface area contributed by atoms with Gasteiger partial charge in [0.1, 0.15) is 17.5 Å². The van der Waals surface area contributed by atoms with Gasteiger partial charge in [0.25, 0.3) is 0 Å². The van der Waals surface area contributed by atoms with Crippen LogP contribution >= 0.6 is 0 Å². The van der Waals surface area contributed by atoms with Crippen molar-refractivity contribution in [3.05, 3.63) is 118 Å². The summed E-state index contributed by atoms with van der Waals surface area (Å²) in [6.45, 7) is 3.30. The summed E-state index contributed by atoms with van der Waals surface area (Å²) in [5.74, 6) is -1.42. The lowest BCUT2D eigenvalue weighted by atomic mass is 9.96. The summed E-state index contributed by atoms with van der Waals surface area (Å²) in [5.41, 5.74) is 1.83. The molecule has 0 aliphatic carbocycles. The lowest BCUT2D eigenvalue weighted by Gasteiger charge is -2.10. The van der Waals surface area contributed by atoms with Crippen molar-refractivity contribution in [2.75, 3.05) is 0 Å². The molecule has 0 unspecified atom stereocenters. The van der Waals surface area contributed by atoms with Gasteiger partial charge < -0.3 is 0 Å². The predicted molar refractivity (Wildman–Crippen MR) is 119 cm³/mol. The number of rotatable bonds is 2. The number of aryl methyl sites for hydroxylation is 2. The van der Waals surface area contributed by atoms with E-state index in [2.05, 4.69) is 11.8 Å². The van der Waals surface area contributed by atoms with Crippen LogP contribution in [0.25, 0.3) is 22.3 Å². The molecule has 0 nitrogen and oxygen atoms in total. The van der Waals surface area contributed by atoms with Crippen LogP contribution in [0.4, 0.5) is 26.3 Å². The van der Waals surface area contributed by atoms with E-state index < -0.39 is 34.9 Å². The smallest absolute Gasteiger partial charge is 0.194 e. The molecule has 170 valence electrons. The van der Waals surface area contributed by atoms with Gasteiger partial charge in [0, 0.05) is 16.7 Å². The highest BCUT2D eigenvalue weighted by atomic mass is 19.2. The number of benzene rings is 4. The predicted octanol–water partition coefficient (Wildman–Crippen LogP) is 7.87. The topological polar surface area (TPSA) is 0 Å². The monoisotopic (exact) mass is 466 g/mol. The molecule has 6 heteroatoms. The highest BCUT2D eigenvalue weighted by molar-refractivity contribution is 5.72. The van der Waals surface area contributed by atoms with Crippen LogP contribution < -0.4 is 0 Å². The molecule has 0 bridgehead atoms. The van der Waals surface area contributed by atoms with E-state index in [9.17, 15) is 26.3 Å². The second kappa shape index (κ2) is 9.11. The van der Waals surface area contributed by atoms with Gasteiger partial charge in [-0.1, -0.05) is 36.1 Å². The Morgan fingerprint density at radius 3 is 1.74 bits per heavy atom. The molecule has 0 aliphatic rings. The first-order chi connectivity index (χ1) is 16.1. The number of hydrogen-bond donors (Lipinski definition) is 0. The Morgan fingerprint density at radius 1 is 0.529 bits per heavy atom. The van der Waals surface area contributed by atoms with Gasteiger partial charge in [-0.2, -0.15) is 0 Å². The van der Waals surface area contributed by atoms with Gasteiger partial charge in [0.05, 0.1) is 5.56 Å². The average molecular weight is 466 g/mol. The Kier molecular flexibility index (Phi) is 6.21. The zero-order valence-corrected chi connectivity index (χ0v) is 18.0. The highest BCUT2D eigenvalue weighted by Gasteiger charge is 2.14. The summed E-state index contributed by atoms with van der Waals surface area (Å²) < 4.78 is 83.8. The molecule has 4 rings (SSSR count). The van der Waals surface area contributed by atoms with Crippen molar-refractivity contribution in [1.29, 1.82) is 0 Å². The molecule has 0 heterocycles. The molecule has 0 aromatic heterocycles. The Bertz CT molecular complexity index is 1440. The highest BCUT2D eigenvalue weighted by Crippen LogP contribution is 2.31. The van der Waals surface area contributed by atoms with Crippen molar-refractivity contribution in [3.63, 3.8) is 0 Å². The van der Waals surface area contributed by atoms with Crippen LogP contribution in [0.3, 0.4) is 0 Å². The molecule has 0 radical (unpaired) electrons. The van der Waals surface area contributed by atoms with E-state index in [1.807, 2.05) is 0 Å². The minimum absolute atomic E-state index is 0.0485. The lowest BCUT2D eigenvalue weighted by molar-refractivity contribution is 0.446. The van der Waals surface area contributed by atoms with Gasteiger partial charge in [-0.15, -0.1) is 0 Å². The van der Waals surface area contributed by atoms with Gasteiger partial charge in [-0.05, 0) is 72.5 Å². The average Bonchev–Trinajstić information content (AvgIpc) is 2.76. The van der Waals surface area contributed by atoms with Crippen molar-refractivity contribution < 1.29 is 26.3 Å². The van der Waals surface area contributed by atoms with Crippen molar-refractivity contribution in [2.24, 2.45) is 0 Å². The van der Waals surface area contributed by atoms with E-state index in [4.69, 9.17) is 0 Å². The van der Waals surface area contributed by atoms with Crippen LogP contribution in [-0.2, 0) is 0 Å². The van der Waals surface area contributed by atoms with Crippen LogP contribution in [0.2, 0.25) is 0 Å². The third-order valence-electron chi connectivity index (χ3n) is 5.32. The van der Waals surface area contributed by atoms with Crippen molar-refractivity contribution in [3.8, 4) is 34.1 Å². The third-order valence-corrected chi connectivity index (χ3v) is 5.32. The fraction of sp³-hybridized carbons (Fsp3) is 0.0714. The minimum Gasteiger partial charge on any atom is -0.206 e. The lowest BCUT2D eigenvalue weighted by Crippen LogP contribution is -1.95. The SMILES string of the molecule is Cc1ccc(-c2ccc(-c3cc(C)c(C#Cc4cc(F)c(F)c(F)c4)c(F)c3)c(F)c2)c(F)c1. The Labute approximate surface area is 192 Å². The minimum atomic E-state index is -1.62. The van der Waals surface area contributed by atoms with E-state index in [0.717, 1.165) is 11.6 Å². The van der Waals surface area contributed by atoms with Crippen LogP contribution in [0.15, 0.2) is 60.7 Å². The first kappa shape index (κ1) is 23.2. The van der Waals surface area contributed by atoms with Gasteiger partial charge in [0.15, 0.2) is 17.5 Å². The van der Waals surface area contributed by atoms with Crippen LogP contribution in [-0.4, -0.2) is 0 Å². The van der Waals surface area contributed by atoms with Gasteiger partial charge in [0.2, 0.25) is 0 Å². The van der Waals surface area contributed by atoms with E-state index >= 15 is 0 Å². The summed E-state index contributed by atoms with van der Waals surface area (Å²) in [5, 5.41) is 0. The third kappa shape index (κ3) is 4.55. The fourth-order valence-electron chi connectivity index (χ4n) is 3.59. The quantitative estimate of drug-likeness (QED) is 0.160. The molecule has 0 saturated heterocycles. The second-order valence-electron chi connectivity index (χ2n) is 7.83. The molecule has 0 aliphatic heterocycles. The molecule has 0 amide bonds. The van der Waals surface area contributed by atoms with Crippen LogP contribution in [0.1, 0.15) is 22.3 Å². The first-order valence-electron chi connectivity index (χ1n) is 10.2. The van der Waals surface area contributed by atoms with Gasteiger partial charge in [-0.3, -0.25) is 0 Å². The van der Waals surface area contributed by atoms with E-state index in [-0.39, 0.29) is 27.8 Å². The van der Waals surface area contributed by atoms with E-state index in [0.29, 0.717) is 23.3 Å². The molecule has 0 spiro atoms. The molecule has 0 atom stereocenters. The molecule has 4 aromatic carbocycles. The van der Waals surface area contributed by atoms with E-state index in [1.165, 1.54) is 24.3 Å². The summed E-state index contributed by atoms with van der Waals surface area (Å²) in [4.78, 5) is 0. The van der Waals surface area contributed by atoms with Crippen molar-refractivity contribution in [2.45, 2.75) is 13.8 Å². The Hall–Kier alpha value is -3.98. The maximum Gasteiger partial charge on any atom is 0.194 e. The first-order valence-corrected chi connectivity index (χ1v) is 10.2. The standard InChI is InChI=1S/C28H16F6/c1-15-3-6-21(23(29)9-15)18-5-8-22(25(31)13-18)19-10-16(2)20(24(30)14-19)7-4-17-11-26(32)28(34)27(33)12-17/h3,5-6,8-14H,1-2H3. The van der Waals surface area contributed by atoms with Gasteiger partial charge >= 0.3 is 0 Å². The summed E-state index contributed by atoms with van der Waals surface area (Å²) in [6.07, 6.45) is 0.